The number of rotatable bonds is 6. The lowest BCUT2D eigenvalue weighted by atomic mass is 9.96. The molecule has 1 aromatic heterocycles. The summed E-state index contributed by atoms with van der Waals surface area (Å²) in [5.74, 6) is 0. The minimum absolute atomic E-state index is 1.13. The summed E-state index contributed by atoms with van der Waals surface area (Å²) < 4.78 is 2.62. The highest BCUT2D eigenvalue weighted by Gasteiger charge is 2.19. The summed E-state index contributed by atoms with van der Waals surface area (Å²) in [5.41, 5.74) is 10.7. The Bertz CT molecular complexity index is 2910. The Kier molecular flexibility index (Phi) is 7.41. The van der Waals surface area contributed by atoms with E-state index < -0.39 is 0 Å². The SMILES string of the molecule is c1ccc(-c2ccc3ccc(-c4ccc5cc(N(c6ccc7sc8ccccc8c7c6)c6ccccc6-c6ccccc6)ccc5c4)cc3c2)cc1. The van der Waals surface area contributed by atoms with E-state index in [0.717, 1.165) is 17.1 Å². The Labute approximate surface area is 307 Å². The van der Waals surface area contributed by atoms with Crippen LogP contribution in [0.25, 0.3) is 75.1 Å². The van der Waals surface area contributed by atoms with Gasteiger partial charge < -0.3 is 4.90 Å². The Balaban J connectivity index is 1.09. The number of anilines is 3. The van der Waals surface area contributed by atoms with Gasteiger partial charge in [-0.15, -0.1) is 11.3 Å². The summed E-state index contributed by atoms with van der Waals surface area (Å²) >= 11 is 1.86. The maximum Gasteiger partial charge on any atom is 0.0540 e. The standard InChI is InChI=1S/C50H33NS/c1-3-11-34(12-4-1)37-21-19-35-20-22-39(31-42(35)30-37)38-23-24-41-32-43(26-25-40(41)29-38)51(48-17-9-7-15-45(48)36-13-5-2-6-14-36)44-27-28-50-47(33-44)46-16-8-10-18-49(46)52-50/h1-33H. The van der Waals surface area contributed by atoms with Crippen LogP contribution >= 0.6 is 11.3 Å². The first-order valence-electron chi connectivity index (χ1n) is 17.7. The van der Waals surface area contributed by atoms with Gasteiger partial charge >= 0.3 is 0 Å². The van der Waals surface area contributed by atoms with Crippen molar-refractivity contribution in [2.75, 3.05) is 4.90 Å². The van der Waals surface area contributed by atoms with Gasteiger partial charge in [0.2, 0.25) is 0 Å². The molecular formula is C50H33NS. The predicted molar refractivity (Wildman–Crippen MR) is 225 cm³/mol. The smallest absolute Gasteiger partial charge is 0.0540 e. The molecular weight excluding hydrogens is 647 g/mol. The number of hydrogen-bond donors (Lipinski definition) is 0. The van der Waals surface area contributed by atoms with Crippen LogP contribution < -0.4 is 4.90 Å². The molecule has 0 bridgehead atoms. The molecule has 0 fully saturated rings. The zero-order valence-electron chi connectivity index (χ0n) is 28.4. The summed E-state index contributed by atoms with van der Waals surface area (Å²) in [6, 6.07) is 73.0. The van der Waals surface area contributed by atoms with Gasteiger partial charge in [0, 0.05) is 37.1 Å². The molecule has 9 aromatic carbocycles. The number of fused-ring (bicyclic) bond motifs is 5. The Hall–Kier alpha value is -6.48. The van der Waals surface area contributed by atoms with Crippen molar-refractivity contribution in [3.8, 4) is 33.4 Å². The molecule has 0 atom stereocenters. The van der Waals surface area contributed by atoms with Gasteiger partial charge in [0.05, 0.1) is 5.69 Å². The second-order valence-corrected chi connectivity index (χ2v) is 14.5. The maximum atomic E-state index is 2.43. The minimum atomic E-state index is 1.13. The third kappa shape index (κ3) is 5.42. The molecule has 10 aromatic rings. The topological polar surface area (TPSA) is 3.24 Å². The van der Waals surface area contributed by atoms with Crippen LogP contribution in [0.4, 0.5) is 17.1 Å². The van der Waals surface area contributed by atoms with Crippen molar-refractivity contribution in [2.45, 2.75) is 0 Å². The normalized spacial score (nSPS) is 11.5. The molecule has 0 spiro atoms. The summed E-state index contributed by atoms with van der Waals surface area (Å²) in [6.07, 6.45) is 0. The van der Waals surface area contributed by atoms with Gasteiger partial charge in [0.1, 0.15) is 0 Å². The van der Waals surface area contributed by atoms with E-state index in [1.165, 1.54) is 75.1 Å². The molecule has 0 saturated heterocycles. The van der Waals surface area contributed by atoms with E-state index in [2.05, 4.69) is 205 Å². The lowest BCUT2D eigenvalue weighted by Crippen LogP contribution is -2.11. The average molecular weight is 680 g/mol. The van der Waals surface area contributed by atoms with Crippen LogP contribution in [0.1, 0.15) is 0 Å². The van der Waals surface area contributed by atoms with Crippen molar-refractivity contribution in [1.82, 2.24) is 0 Å². The third-order valence-corrected chi connectivity index (χ3v) is 11.4. The zero-order valence-corrected chi connectivity index (χ0v) is 29.2. The lowest BCUT2D eigenvalue weighted by Gasteiger charge is -2.28. The monoisotopic (exact) mass is 679 g/mol. The molecule has 0 amide bonds. The van der Waals surface area contributed by atoms with Crippen LogP contribution in [0.2, 0.25) is 0 Å². The predicted octanol–water partition coefficient (Wildman–Crippen LogP) is 14.8. The fraction of sp³-hybridized carbons (Fsp3) is 0. The minimum Gasteiger partial charge on any atom is -0.310 e. The molecule has 52 heavy (non-hydrogen) atoms. The van der Waals surface area contributed by atoms with Crippen molar-refractivity contribution in [3.05, 3.63) is 200 Å². The van der Waals surface area contributed by atoms with Gasteiger partial charge in [-0.3, -0.25) is 0 Å². The molecule has 0 radical (unpaired) electrons. The van der Waals surface area contributed by atoms with Crippen molar-refractivity contribution in [3.63, 3.8) is 0 Å². The van der Waals surface area contributed by atoms with Gasteiger partial charge in [-0.25, -0.2) is 0 Å². The second-order valence-electron chi connectivity index (χ2n) is 13.4. The molecule has 0 aliphatic rings. The highest BCUT2D eigenvalue weighted by molar-refractivity contribution is 7.25. The van der Waals surface area contributed by atoms with Gasteiger partial charge in [-0.05, 0) is 110 Å². The van der Waals surface area contributed by atoms with E-state index in [1.807, 2.05) is 11.3 Å². The van der Waals surface area contributed by atoms with Gasteiger partial charge in [-0.2, -0.15) is 0 Å². The second kappa shape index (κ2) is 12.7. The van der Waals surface area contributed by atoms with Crippen LogP contribution in [0.5, 0.6) is 0 Å². The van der Waals surface area contributed by atoms with Crippen LogP contribution in [0.3, 0.4) is 0 Å². The largest absolute Gasteiger partial charge is 0.310 e. The highest BCUT2D eigenvalue weighted by atomic mass is 32.1. The van der Waals surface area contributed by atoms with E-state index in [4.69, 9.17) is 0 Å². The van der Waals surface area contributed by atoms with Crippen molar-refractivity contribution in [1.29, 1.82) is 0 Å². The maximum absolute atomic E-state index is 2.43. The first kappa shape index (κ1) is 30.4. The van der Waals surface area contributed by atoms with Gasteiger partial charge in [0.25, 0.3) is 0 Å². The molecule has 0 N–H and O–H groups in total. The number of benzene rings is 9. The van der Waals surface area contributed by atoms with E-state index in [9.17, 15) is 0 Å². The van der Waals surface area contributed by atoms with Gasteiger partial charge in [-0.1, -0.05) is 140 Å². The van der Waals surface area contributed by atoms with Crippen molar-refractivity contribution >= 4 is 70.1 Å². The molecule has 10 rings (SSSR count). The van der Waals surface area contributed by atoms with E-state index in [-0.39, 0.29) is 0 Å². The zero-order chi connectivity index (χ0) is 34.4. The lowest BCUT2D eigenvalue weighted by molar-refractivity contribution is 1.29. The van der Waals surface area contributed by atoms with E-state index in [1.54, 1.807) is 0 Å². The van der Waals surface area contributed by atoms with Crippen molar-refractivity contribution < 1.29 is 0 Å². The highest BCUT2D eigenvalue weighted by Crippen LogP contribution is 2.44. The van der Waals surface area contributed by atoms with E-state index >= 15 is 0 Å². The summed E-state index contributed by atoms with van der Waals surface area (Å²) in [4.78, 5) is 2.43. The average Bonchev–Trinajstić information content (AvgIpc) is 3.59. The third-order valence-electron chi connectivity index (χ3n) is 10.2. The van der Waals surface area contributed by atoms with E-state index in [0.29, 0.717) is 0 Å². The Morgan fingerprint density at radius 3 is 1.63 bits per heavy atom. The quantitative estimate of drug-likeness (QED) is 0.169. The molecule has 0 aliphatic carbocycles. The van der Waals surface area contributed by atoms with Gasteiger partial charge in [0.15, 0.2) is 0 Å². The first-order chi connectivity index (χ1) is 25.7. The van der Waals surface area contributed by atoms with Crippen LogP contribution in [0.15, 0.2) is 200 Å². The molecule has 1 nitrogen and oxygen atoms in total. The van der Waals surface area contributed by atoms with Crippen LogP contribution in [-0.2, 0) is 0 Å². The molecule has 244 valence electrons. The molecule has 0 aliphatic heterocycles. The number of thiophene rings is 1. The summed E-state index contributed by atoms with van der Waals surface area (Å²) in [5, 5.41) is 7.51. The Morgan fingerprint density at radius 1 is 0.308 bits per heavy atom. The molecule has 0 saturated carbocycles. The summed E-state index contributed by atoms with van der Waals surface area (Å²) in [7, 11) is 0. The number of para-hydroxylation sites is 1. The molecule has 2 heteroatoms. The summed E-state index contributed by atoms with van der Waals surface area (Å²) in [6.45, 7) is 0. The fourth-order valence-corrected chi connectivity index (χ4v) is 8.69. The molecule has 1 heterocycles. The first-order valence-corrected chi connectivity index (χ1v) is 18.6. The molecule has 0 unspecified atom stereocenters. The fourth-order valence-electron chi connectivity index (χ4n) is 7.60. The number of hydrogen-bond acceptors (Lipinski definition) is 2. The Morgan fingerprint density at radius 2 is 0.846 bits per heavy atom. The van der Waals surface area contributed by atoms with Crippen LogP contribution in [-0.4, -0.2) is 0 Å². The number of nitrogens with zero attached hydrogens (tertiary/aromatic N) is 1. The van der Waals surface area contributed by atoms with Crippen LogP contribution in [0, 0.1) is 0 Å². The van der Waals surface area contributed by atoms with Crippen molar-refractivity contribution in [2.24, 2.45) is 0 Å².